The molecular weight excluding hydrogens is 428 g/mol. The second-order valence-electron chi connectivity index (χ2n) is 9.82. The van der Waals surface area contributed by atoms with Gasteiger partial charge < -0.3 is 19.1 Å². The molecule has 0 spiro atoms. The lowest BCUT2D eigenvalue weighted by molar-refractivity contribution is 0.00988. The van der Waals surface area contributed by atoms with Gasteiger partial charge in [0.1, 0.15) is 17.1 Å². The molecular formula is C27H36N4O3. The minimum Gasteiger partial charge on any atom is -0.490 e. The summed E-state index contributed by atoms with van der Waals surface area (Å²) in [7, 11) is 0. The van der Waals surface area contributed by atoms with Crippen molar-refractivity contribution in [2.24, 2.45) is 4.99 Å². The third kappa shape index (κ3) is 4.96. The average Bonchev–Trinajstić information content (AvgIpc) is 3.31. The number of nitrogens with zero attached hydrogens (tertiary/aromatic N) is 4. The molecule has 0 N–H and O–H groups in total. The van der Waals surface area contributed by atoms with Crippen LogP contribution in [-0.2, 0) is 9.47 Å². The Morgan fingerprint density at radius 3 is 2.91 bits per heavy atom. The van der Waals surface area contributed by atoms with E-state index in [9.17, 15) is 0 Å². The van der Waals surface area contributed by atoms with Crippen molar-refractivity contribution >= 4 is 28.5 Å². The molecule has 0 saturated carbocycles. The fourth-order valence-corrected chi connectivity index (χ4v) is 5.15. The zero-order valence-corrected chi connectivity index (χ0v) is 20.6. The Bertz CT molecular complexity index is 1060. The first-order chi connectivity index (χ1) is 16.6. The maximum atomic E-state index is 6.27. The van der Waals surface area contributed by atoms with Crippen LogP contribution in [0.15, 0.2) is 29.4 Å². The van der Waals surface area contributed by atoms with Crippen LogP contribution < -0.4 is 9.64 Å². The average molecular weight is 465 g/mol. The Morgan fingerprint density at radius 1 is 1.21 bits per heavy atom. The van der Waals surface area contributed by atoms with E-state index < -0.39 is 0 Å². The number of morpholine rings is 1. The van der Waals surface area contributed by atoms with E-state index in [4.69, 9.17) is 29.2 Å². The molecule has 182 valence electrons. The van der Waals surface area contributed by atoms with Gasteiger partial charge in [-0.2, -0.15) is 0 Å². The fourth-order valence-electron chi connectivity index (χ4n) is 5.15. The zero-order valence-electron chi connectivity index (χ0n) is 20.6. The summed E-state index contributed by atoms with van der Waals surface area (Å²) >= 11 is 0. The van der Waals surface area contributed by atoms with Crippen molar-refractivity contribution in [2.75, 3.05) is 31.3 Å². The molecule has 0 amide bonds. The molecule has 3 aliphatic heterocycles. The topological polar surface area (TPSA) is 69.1 Å². The number of rotatable bonds is 7. The third-order valence-corrected chi connectivity index (χ3v) is 6.89. The van der Waals surface area contributed by atoms with Crippen molar-refractivity contribution < 1.29 is 14.2 Å². The van der Waals surface area contributed by atoms with Crippen molar-refractivity contribution in [3.63, 3.8) is 0 Å². The van der Waals surface area contributed by atoms with E-state index in [1.165, 1.54) is 12.8 Å². The lowest BCUT2D eigenvalue weighted by Crippen LogP contribution is -2.44. The van der Waals surface area contributed by atoms with Gasteiger partial charge in [-0.15, -0.1) is 0 Å². The van der Waals surface area contributed by atoms with Crippen LogP contribution in [-0.4, -0.2) is 66.8 Å². The molecule has 2 aromatic heterocycles. The number of fused-ring (bicyclic) bond motifs is 1. The molecule has 5 heterocycles. The number of pyridine rings is 2. The normalized spacial score (nSPS) is 25.2. The van der Waals surface area contributed by atoms with E-state index in [-0.39, 0.29) is 18.2 Å². The smallest absolute Gasteiger partial charge is 0.133 e. The molecule has 2 aromatic rings. The van der Waals surface area contributed by atoms with E-state index in [1.54, 1.807) is 0 Å². The van der Waals surface area contributed by atoms with Crippen LogP contribution in [0.1, 0.15) is 58.6 Å². The van der Waals surface area contributed by atoms with E-state index >= 15 is 0 Å². The van der Waals surface area contributed by atoms with Gasteiger partial charge in [-0.1, -0.05) is 0 Å². The maximum Gasteiger partial charge on any atom is 0.133 e. The highest BCUT2D eigenvalue weighted by Gasteiger charge is 2.27. The minimum absolute atomic E-state index is 0.0643. The number of ether oxygens (including phenoxy) is 3. The van der Waals surface area contributed by atoms with Crippen molar-refractivity contribution in [3.8, 4) is 5.75 Å². The molecule has 0 bridgehead atoms. The van der Waals surface area contributed by atoms with E-state index in [2.05, 4.69) is 37.8 Å². The summed E-state index contributed by atoms with van der Waals surface area (Å²) in [6.45, 7) is 9.39. The first-order valence-electron chi connectivity index (χ1n) is 12.8. The predicted octanol–water partition coefficient (Wildman–Crippen LogP) is 4.83. The van der Waals surface area contributed by atoms with Gasteiger partial charge in [0.2, 0.25) is 0 Å². The number of aliphatic imine (C=N–C) groups is 1. The van der Waals surface area contributed by atoms with Gasteiger partial charge in [0.05, 0.1) is 43.2 Å². The molecule has 2 fully saturated rings. The largest absolute Gasteiger partial charge is 0.490 e. The molecule has 0 radical (unpaired) electrons. The number of hydrogen-bond donors (Lipinski definition) is 0. The highest BCUT2D eigenvalue weighted by atomic mass is 16.5. The Kier molecular flexibility index (Phi) is 7.11. The number of anilines is 1. The summed E-state index contributed by atoms with van der Waals surface area (Å²) in [6.07, 6.45) is 11.9. The van der Waals surface area contributed by atoms with Gasteiger partial charge in [-0.25, -0.2) is 4.98 Å². The highest BCUT2D eigenvalue weighted by Crippen LogP contribution is 2.37. The summed E-state index contributed by atoms with van der Waals surface area (Å²) in [6, 6.07) is 4.43. The van der Waals surface area contributed by atoms with E-state index in [1.807, 2.05) is 18.5 Å². The minimum atomic E-state index is 0.0643. The number of aromatic nitrogens is 2. The summed E-state index contributed by atoms with van der Waals surface area (Å²) in [4.78, 5) is 17.1. The van der Waals surface area contributed by atoms with Crippen LogP contribution in [0, 0.1) is 0 Å². The van der Waals surface area contributed by atoms with Crippen LogP contribution in [0.25, 0.3) is 16.5 Å². The first kappa shape index (κ1) is 23.2. The second kappa shape index (κ2) is 10.4. The molecule has 2 unspecified atom stereocenters. The van der Waals surface area contributed by atoms with Gasteiger partial charge >= 0.3 is 0 Å². The molecule has 34 heavy (non-hydrogen) atoms. The first-order valence-corrected chi connectivity index (χ1v) is 12.8. The zero-order chi connectivity index (χ0) is 23.5. The van der Waals surface area contributed by atoms with Crippen LogP contribution in [0.5, 0.6) is 5.75 Å². The monoisotopic (exact) mass is 464 g/mol. The Balaban J connectivity index is 1.49. The quantitative estimate of drug-likeness (QED) is 0.585. The third-order valence-electron chi connectivity index (χ3n) is 6.89. The summed E-state index contributed by atoms with van der Waals surface area (Å²) in [5, 5.41) is 0.991. The molecule has 3 aliphatic rings. The molecule has 5 rings (SSSR count). The number of allylic oxidation sites excluding steroid dienone is 1. The molecule has 0 aromatic carbocycles. The van der Waals surface area contributed by atoms with E-state index in [0.717, 1.165) is 66.2 Å². The van der Waals surface area contributed by atoms with Gasteiger partial charge in [-0.05, 0) is 65.0 Å². The maximum absolute atomic E-state index is 6.27. The van der Waals surface area contributed by atoms with Crippen LogP contribution in [0.4, 0.5) is 5.82 Å². The van der Waals surface area contributed by atoms with Crippen molar-refractivity contribution in [2.45, 2.75) is 77.2 Å². The predicted molar refractivity (Wildman–Crippen MR) is 136 cm³/mol. The van der Waals surface area contributed by atoms with Gasteiger partial charge in [-0.3, -0.25) is 9.98 Å². The summed E-state index contributed by atoms with van der Waals surface area (Å²) < 4.78 is 17.9. The Morgan fingerprint density at radius 2 is 2.12 bits per heavy atom. The fraction of sp³-hybridized carbons (Fsp3) is 0.593. The molecule has 3 atom stereocenters. The van der Waals surface area contributed by atoms with E-state index in [0.29, 0.717) is 19.3 Å². The Labute approximate surface area is 202 Å². The van der Waals surface area contributed by atoms with Crippen molar-refractivity contribution in [3.05, 3.63) is 30.1 Å². The van der Waals surface area contributed by atoms with Crippen LogP contribution in [0.3, 0.4) is 0 Å². The highest BCUT2D eigenvalue weighted by molar-refractivity contribution is 5.99. The summed E-state index contributed by atoms with van der Waals surface area (Å²) in [5.74, 6) is 1.77. The van der Waals surface area contributed by atoms with Crippen molar-refractivity contribution in [1.82, 2.24) is 9.97 Å². The summed E-state index contributed by atoms with van der Waals surface area (Å²) in [5.41, 5.74) is 2.92. The van der Waals surface area contributed by atoms with Gasteiger partial charge in [0, 0.05) is 42.6 Å². The van der Waals surface area contributed by atoms with Crippen LogP contribution in [0.2, 0.25) is 0 Å². The number of hydrogen-bond acceptors (Lipinski definition) is 7. The van der Waals surface area contributed by atoms with Crippen molar-refractivity contribution in [1.29, 1.82) is 0 Å². The molecule has 7 nitrogen and oxygen atoms in total. The lowest BCUT2D eigenvalue weighted by Gasteiger charge is -2.34. The standard InChI is InChI=1S/C27H36N4O3/c1-18(2)34-24-16-25(31-13-15-32-17-19(31)3)30-27-22(24)10-12-29-26(27)21-9-11-28-23(21)8-7-20-6-4-5-14-33-20/h9-12,16,18-20,23H,4-8,13-15,17H2,1-3H3/t19-,20?,23?/m0/s1. The Hall–Kier alpha value is -2.51. The second-order valence-corrected chi connectivity index (χ2v) is 9.82. The molecule has 7 heteroatoms. The molecule has 0 aliphatic carbocycles. The van der Waals surface area contributed by atoms with Gasteiger partial charge in [0.15, 0.2) is 0 Å². The van der Waals surface area contributed by atoms with Crippen LogP contribution >= 0.6 is 0 Å². The lowest BCUT2D eigenvalue weighted by atomic mass is 9.95. The SMILES string of the molecule is CC(C)Oc1cc(N2CCOC[C@@H]2C)nc2c(C3=CC=NC3CCC3CCCCO3)nccc12. The molecule has 2 saturated heterocycles. The van der Waals surface area contributed by atoms with Gasteiger partial charge in [0.25, 0.3) is 0 Å².